The highest BCUT2D eigenvalue weighted by molar-refractivity contribution is 6.30. The Labute approximate surface area is 124 Å². The fourth-order valence-corrected chi connectivity index (χ4v) is 1.96. The Hall–Kier alpha value is -1.58. The maximum atomic E-state index is 5.94. The molecule has 0 unspecified atom stereocenters. The summed E-state index contributed by atoms with van der Waals surface area (Å²) in [6.45, 7) is 5.53. The molecule has 1 heterocycles. The minimum absolute atomic E-state index is 0.457. The lowest BCUT2D eigenvalue weighted by molar-refractivity contribution is 0.293. The van der Waals surface area contributed by atoms with E-state index in [1.165, 1.54) is 0 Å². The first kappa shape index (κ1) is 14.8. The van der Waals surface area contributed by atoms with E-state index in [1.807, 2.05) is 36.4 Å². The summed E-state index contributed by atoms with van der Waals surface area (Å²) in [5.41, 5.74) is 2.19. The number of aromatic nitrogens is 1. The van der Waals surface area contributed by atoms with Gasteiger partial charge in [0.1, 0.15) is 6.61 Å². The van der Waals surface area contributed by atoms with Crippen LogP contribution in [0.25, 0.3) is 0 Å². The topological polar surface area (TPSA) is 34.2 Å². The Morgan fingerprint density at radius 3 is 2.80 bits per heavy atom. The molecule has 0 saturated carbocycles. The number of nitrogens with zero attached hydrogens (tertiary/aromatic N) is 1. The lowest BCUT2D eigenvalue weighted by atomic mass is 10.2. The predicted molar refractivity (Wildman–Crippen MR) is 82.0 cm³/mol. The van der Waals surface area contributed by atoms with Crippen molar-refractivity contribution in [2.45, 2.75) is 33.0 Å². The van der Waals surface area contributed by atoms with Gasteiger partial charge in [0, 0.05) is 29.9 Å². The van der Waals surface area contributed by atoms with E-state index in [4.69, 9.17) is 16.3 Å². The van der Waals surface area contributed by atoms with E-state index in [0.717, 1.165) is 17.7 Å². The van der Waals surface area contributed by atoms with E-state index >= 15 is 0 Å². The van der Waals surface area contributed by atoms with Crippen molar-refractivity contribution >= 4 is 11.6 Å². The Morgan fingerprint density at radius 2 is 2.05 bits per heavy atom. The average molecular weight is 291 g/mol. The van der Waals surface area contributed by atoms with Crippen LogP contribution in [-0.4, -0.2) is 11.0 Å². The number of pyridine rings is 1. The van der Waals surface area contributed by atoms with E-state index in [9.17, 15) is 0 Å². The fraction of sp³-hybridized carbons (Fsp3) is 0.312. The van der Waals surface area contributed by atoms with Gasteiger partial charge in [-0.1, -0.05) is 37.6 Å². The third-order valence-electron chi connectivity index (χ3n) is 2.79. The van der Waals surface area contributed by atoms with Crippen LogP contribution in [0.5, 0.6) is 5.88 Å². The van der Waals surface area contributed by atoms with Crippen molar-refractivity contribution in [1.29, 1.82) is 0 Å². The Balaban J connectivity index is 1.94. The number of benzene rings is 1. The molecule has 0 aliphatic heterocycles. The van der Waals surface area contributed by atoms with Crippen LogP contribution in [0.1, 0.15) is 25.0 Å². The van der Waals surface area contributed by atoms with Crippen molar-refractivity contribution in [3.63, 3.8) is 0 Å². The van der Waals surface area contributed by atoms with Gasteiger partial charge in [-0.2, -0.15) is 0 Å². The summed E-state index contributed by atoms with van der Waals surface area (Å²) in [5.74, 6) is 0.632. The van der Waals surface area contributed by atoms with Gasteiger partial charge in [-0.05, 0) is 29.3 Å². The molecule has 0 aliphatic carbocycles. The number of hydrogen-bond donors (Lipinski definition) is 1. The molecular formula is C16H19ClN2O. The van der Waals surface area contributed by atoms with Crippen LogP contribution >= 0.6 is 11.6 Å². The molecule has 0 saturated heterocycles. The Kier molecular flexibility index (Phi) is 5.39. The molecule has 1 N–H and O–H groups in total. The van der Waals surface area contributed by atoms with Crippen LogP contribution < -0.4 is 10.1 Å². The van der Waals surface area contributed by atoms with Crippen LogP contribution in [0.15, 0.2) is 42.6 Å². The fourth-order valence-electron chi connectivity index (χ4n) is 1.75. The lowest BCUT2D eigenvalue weighted by Gasteiger charge is -2.10. The van der Waals surface area contributed by atoms with Crippen LogP contribution in [0.4, 0.5) is 0 Å². The van der Waals surface area contributed by atoms with Gasteiger partial charge in [-0.15, -0.1) is 0 Å². The van der Waals surface area contributed by atoms with Gasteiger partial charge in [0.15, 0.2) is 0 Å². The molecule has 3 nitrogen and oxygen atoms in total. The highest BCUT2D eigenvalue weighted by Crippen LogP contribution is 2.14. The molecule has 20 heavy (non-hydrogen) atoms. The van der Waals surface area contributed by atoms with Crippen LogP contribution in [0, 0.1) is 0 Å². The van der Waals surface area contributed by atoms with Crippen LogP contribution in [0.3, 0.4) is 0 Å². The van der Waals surface area contributed by atoms with Gasteiger partial charge in [0.05, 0.1) is 0 Å². The van der Waals surface area contributed by atoms with E-state index in [1.54, 1.807) is 6.20 Å². The average Bonchev–Trinajstić information content (AvgIpc) is 2.43. The van der Waals surface area contributed by atoms with Crippen molar-refractivity contribution in [2.24, 2.45) is 0 Å². The van der Waals surface area contributed by atoms with Gasteiger partial charge >= 0.3 is 0 Å². The molecule has 0 radical (unpaired) electrons. The molecule has 106 valence electrons. The largest absolute Gasteiger partial charge is 0.473 e. The number of hydrogen-bond acceptors (Lipinski definition) is 3. The summed E-state index contributed by atoms with van der Waals surface area (Å²) in [5, 5.41) is 4.09. The summed E-state index contributed by atoms with van der Waals surface area (Å²) >= 11 is 5.94. The first-order valence-electron chi connectivity index (χ1n) is 6.69. The molecule has 0 fully saturated rings. The van der Waals surface area contributed by atoms with Crippen LogP contribution in [-0.2, 0) is 13.2 Å². The normalized spacial score (nSPS) is 10.8. The van der Waals surface area contributed by atoms with Crippen molar-refractivity contribution in [3.8, 4) is 5.88 Å². The van der Waals surface area contributed by atoms with E-state index in [2.05, 4.69) is 24.1 Å². The summed E-state index contributed by atoms with van der Waals surface area (Å²) in [6, 6.07) is 12.0. The zero-order valence-corrected chi connectivity index (χ0v) is 12.5. The summed E-state index contributed by atoms with van der Waals surface area (Å²) in [4.78, 5) is 4.22. The van der Waals surface area contributed by atoms with Gasteiger partial charge < -0.3 is 10.1 Å². The molecule has 1 aromatic heterocycles. The minimum Gasteiger partial charge on any atom is -0.473 e. The van der Waals surface area contributed by atoms with Gasteiger partial charge in [-0.25, -0.2) is 4.98 Å². The monoisotopic (exact) mass is 290 g/mol. The predicted octanol–water partition coefficient (Wildman–Crippen LogP) is 3.81. The summed E-state index contributed by atoms with van der Waals surface area (Å²) in [6.07, 6.45) is 1.77. The van der Waals surface area contributed by atoms with Gasteiger partial charge in [0.25, 0.3) is 0 Å². The zero-order chi connectivity index (χ0) is 14.4. The van der Waals surface area contributed by atoms with Crippen molar-refractivity contribution in [1.82, 2.24) is 10.3 Å². The second-order valence-corrected chi connectivity index (χ2v) is 5.39. The number of nitrogens with one attached hydrogen (secondary N) is 1. The first-order chi connectivity index (χ1) is 9.63. The van der Waals surface area contributed by atoms with Crippen molar-refractivity contribution < 1.29 is 4.74 Å². The minimum atomic E-state index is 0.457. The Bertz CT molecular complexity index is 558. The molecule has 0 atom stereocenters. The maximum absolute atomic E-state index is 5.94. The molecule has 2 rings (SSSR count). The molecule has 1 aromatic carbocycles. The zero-order valence-electron chi connectivity index (χ0n) is 11.8. The van der Waals surface area contributed by atoms with E-state index in [0.29, 0.717) is 23.6 Å². The molecule has 0 spiro atoms. The Morgan fingerprint density at radius 1 is 1.20 bits per heavy atom. The summed E-state index contributed by atoms with van der Waals surface area (Å²) in [7, 11) is 0. The number of halogens is 1. The maximum Gasteiger partial charge on any atom is 0.213 e. The number of rotatable bonds is 6. The third kappa shape index (κ3) is 4.83. The van der Waals surface area contributed by atoms with Gasteiger partial charge in [0.2, 0.25) is 5.88 Å². The first-order valence-corrected chi connectivity index (χ1v) is 7.07. The number of ether oxygens (including phenoxy) is 1. The molecular weight excluding hydrogens is 272 g/mol. The standard InChI is InChI=1S/C16H19ClN2O/c1-12(2)19-10-13-6-7-18-16(9-13)20-11-14-4-3-5-15(17)8-14/h3-9,12,19H,10-11H2,1-2H3. The van der Waals surface area contributed by atoms with Crippen LogP contribution in [0.2, 0.25) is 5.02 Å². The van der Waals surface area contributed by atoms with E-state index < -0.39 is 0 Å². The van der Waals surface area contributed by atoms with E-state index in [-0.39, 0.29) is 0 Å². The molecule has 0 bridgehead atoms. The second-order valence-electron chi connectivity index (χ2n) is 4.96. The third-order valence-corrected chi connectivity index (χ3v) is 3.02. The SMILES string of the molecule is CC(C)NCc1ccnc(OCc2cccc(Cl)c2)c1. The van der Waals surface area contributed by atoms with Crippen molar-refractivity contribution in [3.05, 3.63) is 58.7 Å². The van der Waals surface area contributed by atoms with Gasteiger partial charge in [-0.3, -0.25) is 0 Å². The molecule has 2 aromatic rings. The smallest absolute Gasteiger partial charge is 0.213 e. The second kappa shape index (κ2) is 7.27. The summed E-state index contributed by atoms with van der Waals surface area (Å²) < 4.78 is 5.70. The molecule has 0 aliphatic rings. The highest BCUT2D eigenvalue weighted by Gasteiger charge is 2.01. The molecule has 0 amide bonds. The quantitative estimate of drug-likeness (QED) is 0.878. The highest BCUT2D eigenvalue weighted by atomic mass is 35.5. The molecule has 4 heteroatoms. The lowest BCUT2D eigenvalue weighted by Crippen LogP contribution is -2.21. The van der Waals surface area contributed by atoms with Crippen molar-refractivity contribution in [2.75, 3.05) is 0 Å².